The fourth-order valence-electron chi connectivity index (χ4n) is 4.41. The van der Waals surface area contributed by atoms with Crippen LogP contribution in [0.5, 0.6) is 0 Å². The molecule has 34 heavy (non-hydrogen) atoms. The number of aryl methyl sites for hydroxylation is 2. The Bertz CT molecular complexity index is 1200. The van der Waals surface area contributed by atoms with Crippen molar-refractivity contribution in [2.75, 3.05) is 6.54 Å². The molecule has 0 bridgehead atoms. The number of hydrogen-bond acceptors (Lipinski definition) is 4. The molecule has 0 spiro atoms. The van der Waals surface area contributed by atoms with Crippen molar-refractivity contribution in [1.82, 2.24) is 14.9 Å². The molecule has 0 radical (unpaired) electrons. The Morgan fingerprint density at radius 1 is 1.18 bits per heavy atom. The van der Waals surface area contributed by atoms with Crippen LogP contribution in [-0.2, 0) is 6.42 Å². The minimum absolute atomic E-state index is 0.0268. The number of carboxylic acid groups (broad SMARTS) is 1. The second-order valence-corrected chi connectivity index (χ2v) is 9.35. The first-order chi connectivity index (χ1) is 16.0. The van der Waals surface area contributed by atoms with Gasteiger partial charge in [-0.1, -0.05) is 44.2 Å². The van der Waals surface area contributed by atoms with E-state index in [2.05, 4.69) is 23.8 Å². The molecule has 0 aliphatic heterocycles. The molecule has 8 N–H and O–H groups in total. The zero-order valence-electron chi connectivity index (χ0n) is 19.9. The third-order valence-electron chi connectivity index (χ3n) is 6.18. The number of nitrogens with one attached hydrogen (secondary N) is 3. The van der Waals surface area contributed by atoms with Gasteiger partial charge in [-0.15, -0.1) is 0 Å². The Morgan fingerprint density at radius 2 is 1.85 bits per heavy atom. The molecule has 180 valence electrons. The van der Waals surface area contributed by atoms with Gasteiger partial charge in [-0.3, -0.25) is 10.8 Å². The van der Waals surface area contributed by atoms with Crippen LogP contribution in [0.1, 0.15) is 55.2 Å². The molecule has 3 rings (SSSR count). The smallest absolute Gasteiger partial charge is 0.407 e. The molecule has 0 aliphatic rings. The molecule has 1 heterocycles. The van der Waals surface area contributed by atoms with Gasteiger partial charge < -0.3 is 26.5 Å². The summed E-state index contributed by atoms with van der Waals surface area (Å²) in [6, 6.07) is 12.9. The average Bonchev–Trinajstić information content (AvgIpc) is 3.14. The predicted molar refractivity (Wildman–Crippen MR) is 134 cm³/mol. The molecule has 9 nitrogen and oxygen atoms in total. The number of amides is 1. The third-order valence-corrected chi connectivity index (χ3v) is 6.18. The van der Waals surface area contributed by atoms with Gasteiger partial charge in [-0.25, -0.2) is 9.78 Å². The standard InChI is InChI=1S/C25H33N7O2/c1-15-30-19-9-8-18(14-20(19)31-15)22(32(24(33)34)13-11-21(26)27)25(2,3)12-10-16-4-6-17(7-5-16)23(28)29/h4-9,14,22H,10-13H2,1-3H3,(H3,26,27)(H3,28,29)(H,30,31)(H,33,34). The number of nitrogen functional groups attached to an aromatic ring is 1. The summed E-state index contributed by atoms with van der Waals surface area (Å²) in [5.74, 6) is 0.774. The van der Waals surface area contributed by atoms with Gasteiger partial charge in [-0.2, -0.15) is 0 Å². The molecule has 2 aromatic carbocycles. The number of benzene rings is 2. The highest BCUT2D eigenvalue weighted by Crippen LogP contribution is 2.42. The van der Waals surface area contributed by atoms with Gasteiger partial charge in [-0.05, 0) is 48.4 Å². The van der Waals surface area contributed by atoms with E-state index < -0.39 is 17.6 Å². The minimum Gasteiger partial charge on any atom is -0.465 e. The Kier molecular flexibility index (Phi) is 7.24. The number of nitrogens with zero attached hydrogens (tertiary/aromatic N) is 2. The maximum atomic E-state index is 12.4. The quantitative estimate of drug-likeness (QED) is 0.196. The molecule has 1 amide bonds. The number of carbonyl (C=O) groups is 1. The number of amidine groups is 2. The van der Waals surface area contributed by atoms with Gasteiger partial charge in [0, 0.05) is 18.5 Å². The third kappa shape index (κ3) is 5.72. The second-order valence-electron chi connectivity index (χ2n) is 9.35. The Labute approximate surface area is 199 Å². The highest BCUT2D eigenvalue weighted by Gasteiger charge is 2.38. The molecule has 0 saturated carbocycles. The van der Waals surface area contributed by atoms with Gasteiger partial charge in [0.1, 0.15) is 11.7 Å². The van der Waals surface area contributed by atoms with Crippen molar-refractivity contribution < 1.29 is 9.90 Å². The zero-order valence-corrected chi connectivity index (χ0v) is 19.9. The van der Waals surface area contributed by atoms with Crippen molar-refractivity contribution in [3.8, 4) is 0 Å². The van der Waals surface area contributed by atoms with Gasteiger partial charge in [0.15, 0.2) is 0 Å². The lowest BCUT2D eigenvalue weighted by Crippen LogP contribution is -2.43. The predicted octanol–water partition coefficient (Wildman–Crippen LogP) is 4.16. The normalized spacial score (nSPS) is 12.4. The highest BCUT2D eigenvalue weighted by atomic mass is 16.4. The van der Waals surface area contributed by atoms with E-state index in [-0.39, 0.29) is 24.6 Å². The number of imidazole rings is 1. The molecular formula is C25H33N7O2. The van der Waals surface area contributed by atoms with E-state index >= 15 is 0 Å². The molecule has 0 fully saturated rings. The monoisotopic (exact) mass is 463 g/mol. The molecule has 1 atom stereocenters. The Morgan fingerprint density at radius 3 is 2.44 bits per heavy atom. The number of aromatic amines is 1. The van der Waals surface area contributed by atoms with Gasteiger partial charge >= 0.3 is 6.09 Å². The average molecular weight is 464 g/mol. The summed E-state index contributed by atoms with van der Waals surface area (Å²) >= 11 is 0. The lowest BCUT2D eigenvalue weighted by atomic mass is 9.75. The van der Waals surface area contributed by atoms with Crippen molar-refractivity contribution in [1.29, 1.82) is 10.8 Å². The number of nitrogens with two attached hydrogens (primary N) is 2. The van der Waals surface area contributed by atoms with Crippen molar-refractivity contribution in [2.45, 2.75) is 46.1 Å². The second kappa shape index (κ2) is 9.94. The van der Waals surface area contributed by atoms with Crippen LogP contribution in [0.2, 0.25) is 0 Å². The number of aromatic nitrogens is 2. The topological polar surface area (TPSA) is 169 Å². The number of H-pyrrole nitrogens is 1. The maximum Gasteiger partial charge on any atom is 0.407 e. The summed E-state index contributed by atoms with van der Waals surface area (Å²) in [7, 11) is 0. The summed E-state index contributed by atoms with van der Waals surface area (Å²) in [6.07, 6.45) is 0.552. The van der Waals surface area contributed by atoms with E-state index in [0.717, 1.165) is 34.4 Å². The largest absolute Gasteiger partial charge is 0.465 e. The summed E-state index contributed by atoms with van der Waals surface area (Å²) in [6.45, 7) is 6.14. The van der Waals surface area contributed by atoms with Crippen LogP contribution in [0, 0.1) is 23.2 Å². The van der Waals surface area contributed by atoms with Crippen molar-refractivity contribution >= 4 is 28.8 Å². The zero-order chi connectivity index (χ0) is 25.0. The van der Waals surface area contributed by atoms with Crippen LogP contribution in [0.25, 0.3) is 11.0 Å². The summed E-state index contributed by atoms with van der Waals surface area (Å²) in [5, 5.41) is 25.3. The summed E-state index contributed by atoms with van der Waals surface area (Å²) in [5.41, 5.74) is 15.0. The molecule has 1 unspecified atom stereocenters. The first-order valence-electron chi connectivity index (χ1n) is 11.2. The molecule has 0 aliphatic carbocycles. The fraction of sp³-hybridized carbons (Fsp3) is 0.360. The van der Waals surface area contributed by atoms with Gasteiger partial charge in [0.2, 0.25) is 0 Å². The van der Waals surface area contributed by atoms with E-state index in [4.69, 9.17) is 22.3 Å². The Balaban J connectivity index is 1.96. The van der Waals surface area contributed by atoms with Crippen LogP contribution < -0.4 is 11.5 Å². The molecule has 9 heteroatoms. The molecule has 1 aromatic heterocycles. The number of rotatable bonds is 10. The maximum absolute atomic E-state index is 12.4. The van der Waals surface area contributed by atoms with E-state index in [1.807, 2.05) is 49.4 Å². The first kappa shape index (κ1) is 24.8. The SMILES string of the molecule is Cc1nc2ccc(C(N(CCC(=N)N)C(=O)O)C(C)(C)CCc3ccc(C(=N)N)cc3)cc2[nH]1. The van der Waals surface area contributed by atoms with E-state index in [1.54, 1.807) is 0 Å². The van der Waals surface area contributed by atoms with Crippen LogP contribution in [0.3, 0.4) is 0 Å². The fourth-order valence-corrected chi connectivity index (χ4v) is 4.41. The van der Waals surface area contributed by atoms with Crippen LogP contribution in [0.4, 0.5) is 4.79 Å². The number of fused-ring (bicyclic) bond motifs is 1. The molecule has 3 aromatic rings. The van der Waals surface area contributed by atoms with Gasteiger partial charge in [0.25, 0.3) is 0 Å². The molecular weight excluding hydrogens is 430 g/mol. The van der Waals surface area contributed by atoms with Crippen LogP contribution >= 0.6 is 0 Å². The Hall–Kier alpha value is -3.88. The summed E-state index contributed by atoms with van der Waals surface area (Å²) in [4.78, 5) is 21.5. The van der Waals surface area contributed by atoms with E-state index in [0.29, 0.717) is 12.0 Å². The van der Waals surface area contributed by atoms with E-state index in [9.17, 15) is 9.90 Å². The van der Waals surface area contributed by atoms with Crippen molar-refractivity contribution in [3.05, 3.63) is 65.0 Å². The lowest BCUT2D eigenvalue weighted by Gasteiger charge is -2.41. The van der Waals surface area contributed by atoms with Crippen molar-refractivity contribution in [2.24, 2.45) is 16.9 Å². The van der Waals surface area contributed by atoms with E-state index in [1.165, 1.54) is 4.90 Å². The number of hydrogen-bond donors (Lipinski definition) is 6. The lowest BCUT2D eigenvalue weighted by molar-refractivity contribution is 0.0716. The van der Waals surface area contributed by atoms with Crippen LogP contribution in [-0.4, -0.2) is 44.3 Å². The summed E-state index contributed by atoms with van der Waals surface area (Å²) < 4.78 is 0. The minimum atomic E-state index is -1.05. The van der Waals surface area contributed by atoms with Crippen LogP contribution in [0.15, 0.2) is 42.5 Å². The van der Waals surface area contributed by atoms with Crippen molar-refractivity contribution in [3.63, 3.8) is 0 Å². The molecule has 0 saturated heterocycles. The van der Waals surface area contributed by atoms with Gasteiger partial charge in [0.05, 0.1) is 22.9 Å². The highest BCUT2D eigenvalue weighted by molar-refractivity contribution is 5.94. The first-order valence-corrected chi connectivity index (χ1v) is 11.2.